The number of aromatic nitrogens is 8. The van der Waals surface area contributed by atoms with Crippen molar-refractivity contribution in [2.45, 2.75) is 104 Å². The van der Waals surface area contributed by atoms with Crippen LogP contribution in [-0.2, 0) is 4.74 Å². The summed E-state index contributed by atoms with van der Waals surface area (Å²) in [6.07, 6.45) is 15.6. The minimum absolute atomic E-state index is 0. The van der Waals surface area contributed by atoms with Gasteiger partial charge >= 0.3 is 56.6 Å². The van der Waals surface area contributed by atoms with Crippen molar-refractivity contribution in [3.63, 3.8) is 0 Å². The second-order valence-corrected chi connectivity index (χ2v) is 37.8. The number of nitrogens with one attached hydrogen (secondary N) is 1. The van der Waals surface area contributed by atoms with Gasteiger partial charge in [-0.1, -0.05) is 25.7 Å². The molecule has 2 saturated carbocycles. The van der Waals surface area contributed by atoms with Crippen LogP contribution in [0.5, 0.6) is 0 Å². The zero-order valence-electron chi connectivity index (χ0n) is 43.6. The summed E-state index contributed by atoms with van der Waals surface area (Å²) in [7, 11) is 2.15. The Hall–Kier alpha value is -1.06. The van der Waals surface area contributed by atoms with Gasteiger partial charge in [0.1, 0.15) is 28.5 Å². The Morgan fingerprint density at radius 2 is 1.17 bits per heavy atom. The average molecular weight is 1880 g/mol. The Labute approximate surface area is 542 Å². The molecule has 0 radical (unpaired) electrons. The Bertz CT molecular complexity index is 3010. The molecule has 4 fully saturated rings. The molecule has 0 atom stereocenters. The molecule has 2 aliphatic heterocycles. The predicted molar refractivity (Wildman–Crippen MR) is 360 cm³/mol. The van der Waals surface area contributed by atoms with Gasteiger partial charge in [-0.05, 0) is 146 Å². The summed E-state index contributed by atoms with van der Waals surface area (Å²) in [5.41, 5.74) is 10.3. The molecule has 0 aromatic carbocycles. The Morgan fingerprint density at radius 1 is 0.714 bits per heavy atom. The number of nitrogens with zero attached hydrogens (tertiary/aromatic N) is 12. The standard InChI is InChI=1S/C23H28BrN7O.C14H22N4O2.C13H13BrClN3O.I3.I2.HI/c1-15-18-14-26-23(28-21(18)31(22(32)20(15)24)16-5-3-4-6-16)27-19-8-7-17(13-25-19)30-11-9-29(2)10-12-30;1-14(2,3)20-13(19)18-8-6-17(7-9-18)11-4-5-12(15)16-10-11;1-7-9-6-16-13(15)17-11(9)18(12(19)10(7)14)8-4-2-3-5-8;1-3-2;1-2;/h7-8,13-14,16H,3-6,9-12H2,1-2H3,(H,25,26,27,28);4-5,10H,6-9H2,1-3H3,(H2,15,16);6,8H,2-5H2,1H3;;;1H/q;;;-1;;. The van der Waals surface area contributed by atoms with Crippen LogP contribution in [0, 0.1) is 13.8 Å². The molecular formula is C50H64Br2ClI6N14O4-. The van der Waals surface area contributed by atoms with E-state index < -0.39 is 5.60 Å². The first-order valence-corrected chi connectivity index (χ1v) is 45.6. The van der Waals surface area contributed by atoms with Crippen molar-refractivity contribution in [1.29, 1.82) is 0 Å². The number of halogens is 9. The summed E-state index contributed by atoms with van der Waals surface area (Å²) in [6.45, 7) is 16.4. The number of pyridine rings is 4. The maximum atomic E-state index is 13.1. The third-order valence-electron chi connectivity index (χ3n) is 13.5. The van der Waals surface area contributed by atoms with E-state index in [4.69, 9.17) is 27.1 Å². The van der Waals surface area contributed by atoms with Crippen molar-refractivity contribution in [3.8, 4) is 0 Å². The van der Waals surface area contributed by atoms with E-state index in [1.807, 2.05) is 57.5 Å². The average Bonchev–Trinajstić information content (AvgIpc) is 4.16. The summed E-state index contributed by atoms with van der Waals surface area (Å²) in [4.78, 5) is 72.4. The number of anilines is 5. The normalized spacial score (nSPS) is 16.0. The van der Waals surface area contributed by atoms with Crippen LogP contribution in [0.1, 0.15) is 95.3 Å². The summed E-state index contributed by atoms with van der Waals surface area (Å²) in [6, 6.07) is 8.18. The van der Waals surface area contributed by atoms with Gasteiger partial charge < -0.3 is 35.4 Å². The van der Waals surface area contributed by atoms with Crippen LogP contribution in [0.2, 0.25) is 5.28 Å². The molecule has 4 aliphatic rings. The zero-order valence-corrected chi connectivity index (χ0v) is 60.6. The fourth-order valence-corrected chi connectivity index (χ4v) is 10.5. The molecule has 8 heterocycles. The van der Waals surface area contributed by atoms with Crippen LogP contribution in [0.25, 0.3) is 22.1 Å². The van der Waals surface area contributed by atoms with Crippen molar-refractivity contribution in [1.82, 2.24) is 48.8 Å². The fraction of sp³-hybridized carbons (Fsp3) is 0.500. The monoisotopic (exact) mass is 1880 g/mol. The van der Waals surface area contributed by atoms with E-state index >= 15 is 0 Å². The molecule has 0 spiro atoms. The first kappa shape index (κ1) is 66.7. The molecule has 422 valence electrons. The number of amides is 1. The quantitative estimate of drug-likeness (QED) is 0.118. The van der Waals surface area contributed by atoms with Gasteiger partial charge in [0.05, 0.1) is 32.7 Å². The number of hydrogen-bond donors (Lipinski definition) is 2. The fourth-order valence-electron chi connectivity index (χ4n) is 9.53. The molecule has 1 amide bonds. The molecule has 2 aliphatic carbocycles. The second-order valence-electron chi connectivity index (χ2n) is 19.7. The number of likely N-dealkylation sites (N-methyl/N-ethyl adjacent to an activating group) is 1. The van der Waals surface area contributed by atoms with Gasteiger partial charge in [-0.3, -0.25) is 18.7 Å². The van der Waals surface area contributed by atoms with E-state index in [0.29, 0.717) is 64.2 Å². The van der Waals surface area contributed by atoms with E-state index in [1.165, 1.54) is 0 Å². The Kier molecular flexibility index (Phi) is 27.8. The molecule has 0 bridgehead atoms. The molecule has 6 aromatic heterocycles. The van der Waals surface area contributed by atoms with Gasteiger partial charge in [0.25, 0.3) is 11.1 Å². The third-order valence-corrected chi connectivity index (χ3v) is 15.6. The molecule has 77 heavy (non-hydrogen) atoms. The topological polar surface area (TPSA) is 199 Å². The maximum absolute atomic E-state index is 13.1. The molecule has 18 nitrogen and oxygen atoms in total. The number of ether oxygens (including phenoxy) is 1. The number of nitrogens with two attached hydrogens (primary N) is 1. The number of carbonyl (C=O) groups is 1. The van der Waals surface area contributed by atoms with Crippen LogP contribution in [-0.4, -0.2) is 120 Å². The van der Waals surface area contributed by atoms with Crippen LogP contribution in [0.4, 0.5) is 33.8 Å². The Balaban J connectivity index is 0.000000212. The SMILES string of the molecule is CC(C)(C)OC(=O)N1CCN(c2ccc(N)nc2)CC1.Cc1c(Br)c(=O)n(C2CCCC2)c2nc(Cl)ncc12.Cc1c(Br)c(=O)n(C2CCCC2)c2nc(Nc3ccc(N4CCN(C)CC4)cn3)ncc12.I.II.I[I-]I. The van der Waals surface area contributed by atoms with Crippen LogP contribution >= 0.6 is 142 Å². The van der Waals surface area contributed by atoms with Crippen molar-refractivity contribution >= 4 is 199 Å². The van der Waals surface area contributed by atoms with Gasteiger partial charge in [-0.25, -0.2) is 24.7 Å². The molecule has 6 aromatic rings. The van der Waals surface area contributed by atoms with Gasteiger partial charge in [0.2, 0.25) is 11.2 Å². The van der Waals surface area contributed by atoms with Gasteiger partial charge in [-0.2, -0.15) is 9.97 Å². The molecule has 3 N–H and O–H groups in total. The number of nitrogen functional groups attached to an aromatic ring is 1. The molecule has 0 unspecified atom stereocenters. The van der Waals surface area contributed by atoms with Crippen molar-refractivity contribution in [2.75, 3.05) is 80.3 Å². The van der Waals surface area contributed by atoms with Crippen molar-refractivity contribution in [3.05, 3.63) is 95.1 Å². The summed E-state index contributed by atoms with van der Waals surface area (Å²) in [5, 5.41) is 5.17. The number of aryl methyl sites for hydroxylation is 2. The number of rotatable bonds is 6. The Morgan fingerprint density at radius 3 is 1.62 bits per heavy atom. The van der Waals surface area contributed by atoms with Gasteiger partial charge in [-0.15, -0.1) is 24.0 Å². The van der Waals surface area contributed by atoms with E-state index in [2.05, 4.69) is 164 Å². The molecular weight excluding hydrogens is 1820 g/mol. The number of carbonyl (C=O) groups excluding carboxylic acids is 1. The number of hydrogen-bond acceptors (Lipinski definition) is 15. The molecule has 10 rings (SSSR count). The zero-order chi connectivity index (χ0) is 55.3. The summed E-state index contributed by atoms with van der Waals surface area (Å²) < 4.78 is 10.2. The molecule has 2 saturated heterocycles. The van der Waals surface area contributed by atoms with E-state index in [0.717, 1.165) is 124 Å². The summed E-state index contributed by atoms with van der Waals surface area (Å²) in [5.74, 6) is 1.65. The first-order chi connectivity index (χ1) is 36.4. The van der Waals surface area contributed by atoms with Crippen LogP contribution in [0.15, 0.2) is 67.6 Å². The first-order valence-electron chi connectivity index (χ1n) is 24.8. The van der Waals surface area contributed by atoms with Crippen molar-refractivity contribution in [2.24, 2.45) is 0 Å². The molecule has 27 heteroatoms. The van der Waals surface area contributed by atoms with E-state index in [1.54, 1.807) is 34.1 Å². The van der Waals surface area contributed by atoms with Crippen LogP contribution < -0.4 is 45.2 Å². The van der Waals surface area contributed by atoms with E-state index in [-0.39, 0.29) is 58.6 Å². The predicted octanol–water partition coefficient (Wildman–Crippen LogP) is 10.4. The van der Waals surface area contributed by atoms with Crippen LogP contribution in [0.3, 0.4) is 0 Å². The van der Waals surface area contributed by atoms with Gasteiger partial charge in [0.15, 0.2) is 0 Å². The minimum atomic E-state index is -0.449. The van der Waals surface area contributed by atoms with E-state index in [9.17, 15) is 14.4 Å². The van der Waals surface area contributed by atoms with Crippen molar-refractivity contribution < 1.29 is 22.8 Å². The third kappa shape index (κ3) is 18.2. The van der Waals surface area contributed by atoms with Gasteiger partial charge in [0, 0.05) is 125 Å². The number of piperazine rings is 2. The number of fused-ring (bicyclic) bond motifs is 2. The second kappa shape index (κ2) is 32.1. The summed E-state index contributed by atoms with van der Waals surface area (Å²) >= 11 is 22.3.